The first-order chi connectivity index (χ1) is 9.06. The molecule has 1 heterocycles. The first kappa shape index (κ1) is 13.5. The van der Waals surface area contributed by atoms with Crippen molar-refractivity contribution >= 4 is 6.03 Å². The summed E-state index contributed by atoms with van der Waals surface area (Å²) in [6.07, 6.45) is 0. The van der Waals surface area contributed by atoms with Crippen LogP contribution in [0.25, 0.3) is 0 Å². The molecule has 5 heteroatoms. The lowest BCUT2D eigenvalue weighted by molar-refractivity contribution is 0.174. The average Bonchev–Trinajstić information content (AvgIpc) is 2.83. The number of rotatable bonds is 4. The number of urea groups is 1. The van der Waals surface area contributed by atoms with E-state index in [4.69, 9.17) is 9.47 Å². The summed E-state index contributed by atoms with van der Waals surface area (Å²) in [6, 6.07) is 5.46. The van der Waals surface area contributed by atoms with Crippen LogP contribution >= 0.6 is 0 Å². The van der Waals surface area contributed by atoms with Gasteiger partial charge in [0, 0.05) is 6.54 Å². The zero-order valence-corrected chi connectivity index (χ0v) is 11.5. The van der Waals surface area contributed by atoms with E-state index in [1.54, 1.807) is 0 Å². The smallest absolute Gasteiger partial charge is 0.315 e. The molecule has 0 saturated carbocycles. The van der Waals surface area contributed by atoms with Crippen LogP contribution in [0.2, 0.25) is 0 Å². The first-order valence-electron chi connectivity index (χ1n) is 6.50. The maximum absolute atomic E-state index is 11.7. The van der Waals surface area contributed by atoms with Crippen LogP contribution in [0, 0.1) is 5.92 Å². The highest BCUT2D eigenvalue weighted by molar-refractivity contribution is 5.74. The summed E-state index contributed by atoms with van der Waals surface area (Å²) in [5, 5.41) is 5.73. The molecule has 0 radical (unpaired) electrons. The molecular weight excluding hydrogens is 244 g/mol. The normalized spacial score (nSPS) is 14.3. The minimum absolute atomic E-state index is 0.0818. The average molecular weight is 264 g/mol. The molecule has 0 aliphatic carbocycles. The van der Waals surface area contributed by atoms with Crippen molar-refractivity contribution in [3.8, 4) is 11.5 Å². The van der Waals surface area contributed by atoms with Crippen LogP contribution < -0.4 is 20.1 Å². The van der Waals surface area contributed by atoms with Gasteiger partial charge in [0.05, 0.1) is 6.04 Å². The first-order valence-corrected chi connectivity index (χ1v) is 6.50. The van der Waals surface area contributed by atoms with Gasteiger partial charge in [0.2, 0.25) is 6.79 Å². The van der Waals surface area contributed by atoms with Crippen LogP contribution in [0.5, 0.6) is 11.5 Å². The number of amides is 2. The summed E-state index contributed by atoms with van der Waals surface area (Å²) in [4.78, 5) is 11.7. The number of fused-ring (bicyclic) bond motifs is 1. The molecule has 104 valence electrons. The van der Waals surface area contributed by atoms with Crippen molar-refractivity contribution < 1.29 is 14.3 Å². The molecule has 1 aromatic rings. The van der Waals surface area contributed by atoms with Crippen LogP contribution in [0.4, 0.5) is 4.79 Å². The van der Waals surface area contributed by atoms with E-state index in [-0.39, 0.29) is 18.9 Å². The second-order valence-electron chi connectivity index (χ2n) is 5.08. The molecule has 1 unspecified atom stereocenters. The highest BCUT2D eigenvalue weighted by atomic mass is 16.7. The quantitative estimate of drug-likeness (QED) is 0.878. The third kappa shape index (κ3) is 3.53. The lowest BCUT2D eigenvalue weighted by Crippen LogP contribution is -2.38. The molecule has 19 heavy (non-hydrogen) atoms. The summed E-state index contributed by atoms with van der Waals surface area (Å²) in [5.41, 5.74) is 0.990. The van der Waals surface area contributed by atoms with Crippen LogP contribution in [0.15, 0.2) is 18.2 Å². The summed E-state index contributed by atoms with van der Waals surface area (Å²) >= 11 is 0. The summed E-state index contributed by atoms with van der Waals surface area (Å²) in [6.45, 7) is 6.98. The maximum atomic E-state index is 11.7. The van der Waals surface area contributed by atoms with E-state index in [2.05, 4.69) is 24.5 Å². The molecular formula is C14H20N2O3. The molecule has 2 N–H and O–H groups in total. The van der Waals surface area contributed by atoms with E-state index in [1.807, 2.05) is 25.1 Å². The van der Waals surface area contributed by atoms with Gasteiger partial charge < -0.3 is 20.1 Å². The highest BCUT2D eigenvalue weighted by Crippen LogP contribution is 2.34. The summed E-state index contributed by atoms with van der Waals surface area (Å²) in [7, 11) is 0. The van der Waals surface area contributed by atoms with E-state index in [0.29, 0.717) is 12.5 Å². The van der Waals surface area contributed by atoms with E-state index in [0.717, 1.165) is 17.1 Å². The van der Waals surface area contributed by atoms with E-state index in [9.17, 15) is 4.79 Å². The monoisotopic (exact) mass is 264 g/mol. The van der Waals surface area contributed by atoms with Crippen molar-refractivity contribution in [1.82, 2.24) is 10.6 Å². The Kier molecular flexibility index (Phi) is 4.14. The lowest BCUT2D eigenvalue weighted by Gasteiger charge is -2.16. The van der Waals surface area contributed by atoms with Gasteiger partial charge in [-0.25, -0.2) is 4.79 Å². The maximum Gasteiger partial charge on any atom is 0.315 e. The molecule has 1 aliphatic heterocycles. The van der Waals surface area contributed by atoms with Crippen molar-refractivity contribution in [1.29, 1.82) is 0 Å². The van der Waals surface area contributed by atoms with E-state index in [1.165, 1.54) is 0 Å². The molecule has 2 amide bonds. The van der Waals surface area contributed by atoms with Crippen LogP contribution in [-0.4, -0.2) is 19.4 Å². The van der Waals surface area contributed by atoms with Crippen molar-refractivity contribution in [2.75, 3.05) is 13.3 Å². The zero-order chi connectivity index (χ0) is 13.8. The molecule has 0 bridgehead atoms. The van der Waals surface area contributed by atoms with Gasteiger partial charge >= 0.3 is 6.03 Å². The minimum Gasteiger partial charge on any atom is -0.454 e. The molecule has 1 aromatic carbocycles. The third-order valence-electron chi connectivity index (χ3n) is 2.92. The second kappa shape index (κ2) is 5.82. The molecule has 0 saturated heterocycles. The number of ether oxygens (including phenoxy) is 2. The third-order valence-corrected chi connectivity index (χ3v) is 2.92. The second-order valence-corrected chi connectivity index (χ2v) is 5.08. The molecule has 0 fully saturated rings. The Labute approximate surface area is 113 Å². The van der Waals surface area contributed by atoms with Crippen LogP contribution in [-0.2, 0) is 0 Å². The van der Waals surface area contributed by atoms with Gasteiger partial charge in [-0.3, -0.25) is 0 Å². The van der Waals surface area contributed by atoms with Crippen LogP contribution in [0.1, 0.15) is 32.4 Å². The summed E-state index contributed by atoms with van der Waals surface area (Å²) in [5.74, 6) is 1.92. The molecule has 1 aliphatic rings. The summed E-state index contributed by atoms with van der Waals surface area (Å²) < 4.78 is 10.6. The van der Waals surface area contributed by atoms with Gasteiger partial charge in [-0.15, -0.1) is 0 Å². The van der Waals surface area contributed by atoms with Crippen LogP contribution in [0.3, 0.4) is 0 Å². The van der Waals surface area contributed by atoms with E-state index >= 15 is 0 Å². The number of hydrogen-bond acceptors (Lipinski definition) is 3. The van der Waals surface area contributed by atoms with Crippen molar-refractivity contribution in [3.63, 3.8) is 0 Å². The van der Waals surface area contributed by atoms with Gasteiger partial charge in [0.1, 0.15) is 0 Å². The Hall–Kier alpha value is -1.91. The molecule has 2 rings (SSSR count). The Morgan fingerprint density at radius 2 is 2.00 bits per heavy atom. The van der Waals surface area contributed by atoms with Crippen molar-refractivity contribution in [3.05, 3.63) is 23.8 Å². The highest BCUT2D eigenvalue weighted by Gasteiger charge is 2.16. The number of hydrogen-bond donors (Lipinski definition) is 2. The van der Waals surface area contributed by atoms with Gasteiger partial charge in [-0.2, -0.15) is 0 Å². The number of carbonyl (C=O) groups excluding carboxylic acids is 1. The predicted octanol–water partition coefficient (Wildman–Crippen LogP) is 2.43. The fourth-order valence-corrected chi connectivity index (χ4v) is 1.81. The fourth-order valence-electron chi connectivity index (χ4n) is 1.81. The van der Waals surface area contributed by atoms with Crippen molar-refractivity contribution in [2.45, 2.75) is 26.8 Å². The Balaban J connectivity index is 1.92. The zero-order valence-electron chi connectivity index (χ0n) is 11.5. The lowest BCUT2D eigenvalue weighted by atomic mass is 10.1. The Bertz CT molecular complexity index is 460. The SMILES string of the molecule is CC(C)CNC(=O)NC(C)c1ccc2c(c1)OCO2. The molecule has 1 atom stereocenters. The molecule has 0 spiro atoms. The van der Waals surface area contributed by atoms with E-state index < -0.39 is 0 Å². The topological polar surface area (TPSA) is 59.6 Å². The number of benzene rings is 1. The fraction of sp³-hybridized carbons (Fsp3) is 0.500. The molecule has 0 aromatic heterocycles. The van der Waals surface area contributed by atoms with Gasteiger partial charge in [-0.05, 0) is 30.5 Å². The number of nitrogens with one attached hydrogen (secondary N) is 2. The molecule has 5 nitrogen and oxygen atoms in total. The van der Waals surface area contributed by atoms with Crippen molar-refractivity contribution in [2.24, 2.45) is 5.92 Å². The standard InChI is InChI=1S/C14H20N2O3/c1-9(2)7-15-14(17)16-10(3)11-4-5-12-13(6-11)19-8-18-12/h4-6,9-10H,7-8H2,1-3H3,(H2,15,16,17). The minimum atomic E-state index is -0.154. The van der Waals surface area contributed by atoms with Gasteiger partial charge in [-0.1, -0.05) is 19.9 Å². The largest absolute Gasteiger partial charge is 0.454 e. The number of carbonyl (C=O) groups is 1. The Morgan fingerprint density at radius 3 is 2.74 bits per heavy atom. The Morgan fingerprint density at radius 1 is 1.26 bits per heavy atom. The predicted molar refractivity (Wildman–Crippen MR) is 72.4 cm³/mol. The van der Waals surface area contributed by atoms with Gasteiger partial charge in [0.15, 0.2) is 11.5 Å². The van der Waals surface area contributed by atoms with Gasteiger partial charge in [0.25, 0.3) is 0 Å².